The molecule has 12 heteroatoms. The van der Waals surface area contributed by atoms with Gasteiger partial charge in [-0.1, -0.05) is 29.8 Å². The van der Waals surface area contributed by atoms with Crippen molar-refractivity contribution < 1.29 is 26.0 Å². The SMILES string of the molecule is CN(C)[C@H]1C[C@@H](c2cccc(C(F)(F)F)c2)CC[C@@H]1Nc1cc(F)c(S(=O)(=O)Cc2ccncn2)cc1Cl. The molecule has 1 aromatic heterocycles. The van der Waals surface area contributed by atoms with Gasteiger partial charge in [-0.25, -0.2) is 22.8 Å². The number of alkyl halides is 3. The summed E-state index contributed by atoms with van der Waals surface area (Å²) >= 11 is 6.40. The van der Waals surface area contributed by atoms with Crippen LogP contribution in [0.3, 0.4) is 0 Å². The van der Waals surface area contributed by atoms with Crippen LogP contribution in [0.1, 0.15) is 42.0 Å². The van der Waals surface area contributed by atoms with E-state index in [2.05, 4.69) is 15.3 Å². The first-order chi connectivity index (χ1) is 17.8. The van der Waals surface area contributed by atoms with Gasteiger partial charge >= 0.3 is 6.18 Å². The summed E-state index contributed by atoms with van der Waals surface area (Å²) in [5.41, 5.74) is 0.435. The monoisotopic (exact) mass is 570 g/mol. The fourth-order valence-corrected chi connectivity index (χ4v) is 6.56. The van der Waals surface area contributed by atoms with E-state index in [9.17, 15) is 21.6 Å². The maximum absolute atomic E-state index is 15.0. The maximum atomic E-state index is 15.0. The molecule has 4 rings (SSSR count). The molecule has 3 atom stereocenters. The zero-order chi connectivity index (χ0) is 27.7. The average molecular weight is 571 g/mol. The predicted molar refractivity (Wildman–Crippen MR) is 137 cm³/mol. The molecular weight excluding hydrogens is 544 g/mol. The molecule has 1 aliphatic rings. The number of rotatable bonds is 7. The second kappa shape index (κ2) is 11.2. The van der Waals surface area contributed by atoms with Gasteiger partial charge in [-0.15, -0.1) is 0 Å². The van der Waals surface area contributed by atoms with Crippen LogP contribution in [0.15, 0.2) is 59.9 Å². The third kappa shape index (κ3) is 6.44. The molecule has 0 saturated heterocycles. The molecule has 1 heterocycles. The van der Waals surface area contributed by atoms with Crippen LogP contribution in [0, 0.1) is 5.82 Å². The Kier molecular flexibility index (Phi) is 8.29. The summed E-state index contributed by atoms with van der Waals surface area (Å²) in [4.78, 5) is 9.08. The zero-order valence-corrected chi connectivity index (χ0v) is 22.3. The number of hydrogen-bond acceptors (Lipinski definition) is 6. The Hall–Kier alpha value is -2.76. The van der Waals surface area contributed by atoms with Crippen LogP contribution in [0.5, 0.6) is 0 Å². The summed E-state index contributed by atoms with van der Waals surface area (Å²) in [7, 11) is -0.311. The number of anilines is 1. The van der Waals surface area contributed by atoms with E-state index in [4.69, 9.17) is 11.6 Å². The number of sulfone groups is 1. The maximum Gasteiger partial charge on any atom is 0.416 e. The number of aromatic nitrogens is 2. The molecule has 204 valence electrons. The normalized spacial score (nSPS) is 20.5. The molecule has 1 N–H and O–H groups in total. The van der Waals surface area contributed by atoms with E-state index >= 15 is 4.39 Å². The van der Waals surface area contributed by atoms with Crippen molar-refractivity contribution in [2.24, 2.45) is 0 Å². The molecule has 0 unspecified atom stereocenters. The van der Waals surface area contributed by atoms with Crippen LogP contribution in [-0.2, 0) is 21.8 Å². The van der Waals surface area contributed by atoms with Crippen LogP contribution in [-0.4, -0.2) is 49.5 Å². The van der Waals surface area contributed by atoms with Gasteiger partial charge in [0.1, 0.15) is 17.0 Å². The van der Waals surface area contributed by atoms with Gasteiger partial charge in [-0.2, -0.15) is 13.2 Å². The highest BCUT2D eigenvalue weighted by atomic mass is 35.5. The highest BCUT2D eigenvalue weighted by Crippen LogP contribution is 2.39. The fourth-order valence-electron chi connectivity index (χ4n) is 4.91. The molecule has 1 aliphatic carbocycles. The molecule has 0 radical (unpaired) electrons. The van der Waals surface area contributed by atoms with Crippen molar-refractivity contribution >= 4 is 27.1 Å². The molecule has 2 aromatic carbocycles. The zero-order valence-electron chi connectivity index (χ0n) is 20.7. The second-order valence-electron chi connectivity index (χ2n) is 9.64. The van der Waals surface area contributed by atoms with E-state index in [-0.39, 0.29) is 34.4 Å². The van der Waals surface area contributed by atoms with E-state index in [0.29, 0.717) is 24.8 Å². The summed E-state index contributed by atoms with van der Waals surface area (Å²) in [5.74, 6) is -1.52. The largest absolute Gasteiger partial charge is 0.416 e. The Labute approximate surface area is 224 Å². The van der Waals surface area contributed by atoms with Crippen molar-refractivity contribution in [3.05, 3.63) is 82.6 Å². The van der Waals surface area contributed by atoms with Crippen molar-refractivity contribution in [2.45, 2.75) is 54.1 Å². The minimum atomic E-state index is -4.41. The fraction of sp³-hybridized carbons (Fsp3) is 0.385. The van der Waals surface area contributed by atoms with Crippen LogP contribution in [0.2, 0.25) is 5.02 Å². The van der Waals surface area contributed by atoms with Crippen molar-refractivity contribution in [1.29, 1.82) is 0 Å². The molecule has 38 heavy (non-hydrogen) atoms. The molecule has 1 saturated carbocycles. The summed E-state index contributed by atoms with van der Waals surface area (Å²) in [6, 6.07) is 8.73. The third-order valence-electron chi connectivity index (χ3n) is 6.84. The number of nitrogens with zero attached hydrogens (tertiary/aromatic N) is 3. The molecular formula is C26H27ClF4N4O2S. The molecule has 6 nitrogen and oxygen atoms in total. The van der Waals surface area contributed by atoms with Gasteiger partial charge in [0.15, 0.2) is 9.84 Å². The molecule has 0 spiro atoms. The number of likely N-dealkylation sites (N-methyl/N-ethyl adjacent to an activating group) is 1. The van der Waals surface area contributed by atoms with Crippen molar-refractivity contribution in [3.63, 3.8) is 0 Å². The molecule has 0 amide bonds. The Morgan fingerprint density at radius 1 is 1.13 bits per heavy atom. The molecule has 0 aliphatic heterocycles. The average Bonchev–Trinajstić information content (AvgIpc) is 2.86. The first-order valence-corrected chi connectivity index (χ1v) is 13.9. The number of hydrogen-bond donors (Lipinski definition) is 1. The van der Waals surface area contributed by atoms with E-state index in [1.54, 1.807) is 6.07 Å². The Bertz CT molecular complexity index is 1390. The van der Waals surface area contributed by atoms with Crippen LogP contribution >= 0.6 is 11.6 Å². The van der Waals surface area contributed by atoms with Crippen LogP contribution in [0.25, 0.3) is 0 Å². The van der Waals surface area contributed by atoms with Gasteiger partial charge in [0.2, 0.25) is 0 Å². The number of nitrogens with one attached hydrogen (secondary N) is 1. The Balaban J connectivity index is 1.52. The lowest BCUT2D eigenvalue weighted by atomic mass is 9.78. The molecule has 3 aromatic rings. The van der Waals surface area contributed by atoms with Crippen molar-refractivity contribution in [2.75, 3.05) is 19.4 Å². The Morgan fingerprint density at radius 2 is 1.89 bits per heavy atom. The van der Waals surface area contributed by atoms with Crippen molar-refractivity contribution in [3.8, 4) is 0 Å². The summed E-state index contributed by atoms with van der Waals surface area (Å²) < 4.78 is 80.3. The lowest BCUT2D eigenvalue weighted by Gasteiger charge is -2.41. The third-order valence-corrected chi connectivity index (χ3v) is 8.82. The Morgan fingerprint density at radius 3 is 2.55 bits per heavy atom. The highest BCUT2D eigenvalue weighted by Gasteiger charge is 2.35. The van der Waals surface area contributed by atoms with Gasteiger partial charge in [-0.3, -0.25) is 0 Å². The van der Waals surface area contributed by atoms with Gasteiger partial charge in [-0.05, 0) is 69.1 Å². The lowest BCUT2D eigenvalue weighted by Crippen LogP contribution is -2.47. The first kappa shape index (κ1) is 28.3. The summed E-state index contributed by atoms with van der Waals surface area (Å²) in [6.45, 7) is 0. The molecule has 1 fully saturated rings. The van der Waals surface area contributed by atoms with Crippen molar-refractivity contribution in [1.82, 2.24) is 14.9 Å². The second-order valence-corrected chi connectivity index (χ2v) is 12.0. The smallest absolute Gasteiger partial charge is 0.379 e. The predicted octanol–water partition coefficient (Wildman–Crippen LogP) is 5.94. The van der Waals surface area contributed by atoms with Gasteiger partial charge in [0.25, 0.3) is 0 Å². The summed E-state index contributed by atoms with van der Waals surface area (Å²) in [6.07, 6.45) is -0.00593. The number of benzene rings is 2. The number of halogens is 5. The standard InChI is InChI=1S/C26H27ClF4N4O2S/c1-35(2)24-11-17(16-4-3-5-18(10-16)26(29,30)31)6-7-22(24)34-23-13-21(28)25(12-20(23)27)38(36,37)14-19-8-9-32-15-33-19/h3-5,8-10,12-13,15,17,22,24,34H,6-7,11,14H2,1-2H3/t17-,22-,24-/m0/s1. The topological polar surface area (TPSA) is 75.2 Å². The first-order valence-electron chi connectivity index (χ1n) is 11.9. The lowest BCUT2D eigenvalue weighted by molar-refractivity contribution is -0.137. The van der Waals surface area contributed by atoms with E-state index < -0.39 is 38.0 Å². The highest BCUT2D eigenvalue weighted by molar-refractivity contribution is 7.90. The minimum Gasteiger partial charge on any atom is -0.379 e. The van der Waals surface area contributed by atoms with E-state index in [1.165, 1.54) is 30.7 Å². The van der Waals surface area contributed by atoms with Crippen LogP contribution in [0.4, 0.5) is 23.2 Å². The van der Waals surface area contributed by atoms with E-state index in [1.807, 2.05) is 19.0 Å². The van der Waals surface area contributed by atoms with E-state index in [0.717, 1.165) is 18.2 Å². The molecule has 0 bridgehead atoms. The van der Waals surface area contributed by atoms with Gasteiger partial charge in [0, 0.05) is 18.3 Å². The minimum absolute atomic E-state index is 0.0465. The quantitative estimate of drug-likeness (QED) is 0.354. The van der Waals surface area contributed by atoms with Crippen LogP contribution < -0.4 is 5.32 Å². The summed E-state index contributed by atoms with van der Waals surface area (Å²) in [5, 5.41) is 3.29. The van der Waals surface area contributed by atoms with Gasteiger partial charge in [0.05, 0.1) is 27.7 Å². The van der Waals surface area contributed by atoms with Gasteiger partial charge < -0.3 is 10.2 Å².